The van der Waals surface area contributed by atoms with Crippen molar-refractivity contribution in [1.29, 1.82) is 0 Å². The molecule has 3 nitrogen and oxygen atoms in total. The fourth-order valence-corrected chi connectivity index (χ4v) is 2.97. The van der Waals surface area contributed by atoms with Crippen molar-refractivity contribution in [1.82, 2.24) is 5.32 Å². The van der Waals surface area contributed by atoms with Crippen LogP contribution < -0.4 is 10.1 Å². The summed E-state index contributed by atoms with van der Waals surface area (Å²) in [6.07, 6.45) is 2.31. The molecule has 0 bridgehead atoms. The minimum Gasteiger partial charge on any atom is -0.496 e. The van der Waals surface area contributed by atoms with Gasteiger partial charge in [-0.25, -0.2) is 0 Å². The van der Waals surface area contributed by atoms with Gasteiger partial charge in [-0.15, -0.1) is 0 Å². The first-order chi connectivity index (χ1) is 10.9. The van der Waals surface area contributed by atoms with Gasteiger partial charge in [0, 0.05) is 5.56 Å². The van der Waals surface area contributed by atoms with Crippen molar-refractivity contribution in [3.05, 3.63) is 65.7 Å². The molecule has 0 aliphatic carbocycles. The quantitative estimate of drug-likeness (QED) is 0.915. The molecule has 2 aromatic carbocycles. The molecule has 2 aromatic rings. The summed E-state index contributed by atoms with van der Waals surface area (Å²) in [5.41, 5.74) is 2.26. The summed E-state index contributed by atoms with van der Waals surface area (Å²) in [4.78, 5) is 0. The first kappa shape index (κ1) is 15.1. The van der Waals surface area contributed by atoms with Crippen molar-refractivity contribution in [3.8, 4) is 5.75 Å². The summed E-state index contributed by atoms with van der Waals surface area (Å²) in [7, 11) is 1.71. The lowest BCUT2D eigenvalue weighted by Crippen LogP contribution is -2.33. The van der Waals surface area contributed by atoms with E-state index in [0.717, 1.165) is 37.2 Å². The van der Waals surface area contributed by atoms with Gasteiger partial charge in [0.15, 0.2) is 0 Å². The average molecular weight is 297 g/mol. The molecule has 0 amide bonds. The van der Waals surface area contributed by atoms with Gasteiger partial charge in [0.2, 0.25) is 0 Å². The Bertz CT molecular complexity index is 579. The zero-order valence-corrected chi connectivity index (χ0v) is 13.0. The average Bonchev–Trinajstić information content (AvgIpc) is 2.61. The fourth-order valence-electron chi connectivity index (χ4n) is 2.97. The minimum atomic E-state index is -0.0829. The van der Waals surface area contributed by atoms with Gasteiger partial charge in [-0.2, -0.15) is 0 Å². The molecule has 1 N–H and O–H groups in total. The Morgan fingerprint density at radius 3 is 2.36 bits per heavy atom. The number of methoxy groups -OCH3 is 1. The normalized spacial score (nSPS) is 17.1. The Balaban J connectivity index is 1.91. The molecule has 1 atom stereocenters. The summed E-state index contributed by atoms with van der Waals surface area (Å²) in [5.74, 6) is 0.880. The lowest BCUT2D eigenvalue weighted by Gasteiger charge is -2.29. The van der Waals surface area contributed by atoms with E-state index in [1.807, 2.05) is 24.3 Å². The van der Waals surface area contributed by atoms with Gasteiger partial charge in [0.1, 0.15) is 11.9 Å². The molecule has 1 aliphatic rings. The Kier molecular flexibility index (Phi) is 5.09. The van der Waals surface area contributed by atoms with Crippen LogP contribution in [-0.4, -0.2) is 26.3 Å². The SMILES string of the molecule is COc1ccccc1C(OC1CCNCC1)c1ccccc1. The van der Waals surface area contributed by atoms with Crippen LogP contribution in [0.2, 0.25) is 0 Å². The van der Waals surface area contributed by atoms with E-state index in [1.165, 1.54) is 5.56 Å². The van der Waals surface area contributed by atoms with Crippen LogP contribution in [0.15, 0.2) is 54.6 Å². The molecule has 0 spiro atoms. The van der Waals surface area contributed by atoms with Crippen LogP contribution in [0.25, 0.3) is 0 Å². The zero-order valence-electron chi connectivity index (χ0n) is 13.0. The number of benzene rings is 2. The lowest BCUT2D eigenvalue weighted by molar-refractivity contribution is -0.00893. The molecular formula is C19H23NO2. The van der Waals surface area contributed by atoms with Crippen LogP contribution in [0.1, 0.15) is 30.1 Å². The van der Waals surface area contributed by atoms with Gasteiger partial charge in [0.25, 0.3) is 0 Å². The van der Waals surface area contributed by atoms with Gasteiger partial charge in [-0.3, -0.25) is 0 Å². The standard InChI is InChI=1S/C19H23NO2/c1-21-18-10-6-5-9-17(18)19(15-7-3-2-4-8-15)22-16-11-13-20-14-12-16/h2-10,16,19-20H,11-14H2,1H3. The highest BCUT2D eigenvalue weighted by Crippen LogP contribution is 2.34. The summed E-state index contributed by atoms with van der Waals surface area (Å²) in [5, 5.41) is 3.39. The smallest absolute Gasteiger partial charge is 0.125 e. The number of hydrogen-bond donors (Lipinski definition) is 1. The van der Waals surface area contributed by atoms with E-state index in [9.17, 15) is 0 Å². The number of hydrogen-bond acceptors (Lipinski definition) is 3. The van der Waals surface area contributed by atoms with Crippen LogP contribution in [0.4, 0.5) is 0 Å². The van der Waals surface area contributed by atoms with Crippen molar-refractivity contribution in [2.75, 3.05) is 20.2 Å². The van der Waals surface area contributed by atoms with E-state index in [1.54, 1.807) is 7.11 Å². The Morgan fingerprint density at radius 1 is 0.955 bits per heavy atom. The molecule has 0 saturated carbocycles. The van der Waals surface area contributed by atoms with Crippen LogP contribution >= 0.6 is 0 Å². The summed E-state index contributed by atoms with van der Waals surface area (Å²) >= 11 is 0. The van der Waals surface area contributed by atoms with Gasteiger partial charge in [-0.05, 0) is 37.6 Å². The first-order valence-corrected chi connectivity index (χ1v) is 7.92. The highest BCUT2D eigenvalue weighted by Gasteiger charge is 2.24. The lowest BCUT2D eigenvalue weighted by atomic mass is 9.99. The van der Waals surface area contributed by atoms with E-state index in [0.29, 0.717) is 0 Å². The number of rotatable bonds is 5. The second kappa shape index (κ2) is 7.43. The molecule has 1 saturated heterocycles. The maximum atomic E-state index is 6.49. The Labute approximate surface area is 132 Å². The Hall–Kier alpha value is -1.84. The molecule has 3 heteroatoms. The fraction of sp³-hybridized carbons (Fsp3) is 0.368. The molecule has 116 valence electrons. The van der Waals surface area contributed by atoms with Crippen molar-refractivity contribution in [2.45, 2.75) is 25.0 Å². The third-order valence-corrected chi connectivity index (χ3v) is 4.14. The van der Waals surface area contributed by atoms with Gasteiger partial charge in [-0.1, -0.05) is 48.5 Å². The monoisotopic (exact) mass is 297 g/mol. The number of para-hydroxylation sites is 1. The maximum absolute atomic E-state index is 6.49. The summed E-state index contributed by atoms with van der Waals surface area (Å²) in [6, 6.07) is 18.5. The third-order valence-electron chi connectivity index (χ3n) is 4.14. The first-order valence-electron chi connectivity index (χ1n) is 7.92. The summed E-state index contributed by atoms with van der Waals surface area (Å²) in [6.45, 7) is 2.05. The third kappa shape index (κ3) is 3.49. The highest BCUT2D eigenvalue weighted by atomic mass is 16.5. The topological polar surface area (TPSA) is 30.5 Å². The van der Waals surface area contributed by atoms with E-state index in [4.69, 9.17) is 9.47 Å². The van der Waals surface area contributed by atoms with Gasteiger partial charge >= 0.3 is 0 Å². The predicted octanol–water partition coefficient (Wildman–Crippen LogP) is 3.55. The number of piperidine rings is 1. The predicted molar refractivity (Wildman–Crippen MR) is 88.3 cm³/mol. The molecule has 1 fully saturated rings. The second-order valence-electron chi connectivity index (χ2n) is 5.62. The molecule has 0 aromatic heterocycles. The minimum absolute atomic E-state index is 0.0829. The number of nitrogens with one attached hydrogen (secondary N) is 1. The van der Waals surface area contributed by atoms with Crippen molar-refractivity contribution in [3.63, 3.8) is 0 Å². The zero-order chi connectivity index (χ0) is 15.2. The Morgan fingerprint density at radius 2 is 1.64 bits per heavy atom. The van der Waals surface area contributed by atoms with E-state index in [2.05, 4.69) is 35.6 Å². The summed E-state index contributed by atoms with van der Waals surface area (Å²) < 4.78 is 12.0. The molecule has 1 aliphatic heterocycles. The van der Waals surface area contributed by atoms with Gasteiger partial charge in [0.05, 0.1) is 13.2 Å². The van der Waals surface area contributed by atoms with Crippen molar-refractivity contribution >= 4 is 0 Å². The van der Waals surface area contributed by atoms with Crippen LogP contribution in [-0.2, 0) is 4.74 Å². The molecule has 1 unspecified atom stereocenters. The maximum Gasteiger partial charge on any atom is 0.125 e. The molecule has 22 heavy (non-hydrogen) atoms. The van der Waals surface area contributed by atoms with Crippen LogP contribution in [0.3, 0.4) is 0 Å². The van der Waals surface area contributed by atoms with Crippen LogP contribution in [0, 0.1) is 0 Å². The van der Waals surface area contributed by atoms with Crippen molar-refractivity contribution in [2.24, 2.45) is 0 Å². The van der Waals surface area contributed by atoms with Crippen LogP contribution in [0.5, 0.6) is 5.75 Å². The molecule has 1 heterocycles. The van der Waals surface area contributed by atoms with E-state index >= 15 is 0 Å². The van der Waals surface area contributed by atoms with E-state index < -0.39 is 0 Å². The largest absolute Gasteiger partial charge is 0.496 e. The highest BCUT2D eigenvalue weighted by molar-refractivity contribution is 5.40. The van der Waals surface area contributed by atoms with Crippen molar-refractivity contribution < 1.29 is 9.47 Å². The van der Waals surface area contributed by atoms with Gasteiger partial charge < -0.3 is 14.8 Å². The second-order valence-corrected chi connectivity index (χ2v) is 5.62. The molecule has 3 rings (SSSR count). The molecule has 0 radical (unpaired) electrons. The van der Waals surface area contributed by atoms with E-state index in [-0.39, 0.29) is 12.2 Å². The number of ether oxygens (including phenoxy) is 2. The molecular weight excluding hydrogens is 274 g/mol.